The van der Waals surface area contributed by atoms with Crippen molar-refractivity contribution >= 4 is 0 Å². The third-order valence-corrected chi connectivity index (χ3v) is 5.68. The summed E-state index contributed by atoms with van der Waals surface area (Å²) >= 11 is 0. The van der Waals surface area contributed by atoms with E-state index in [-0.39, 0.29) is 10.8 Å². The fourth-order valence-electron chi connectivity index (χ4n) is 4.41. The van der Waals surface area contributed by atoms with Crippen molar-refractivity contribution in [3.05, 3.63) is 29.3 Å². The first-order valence-corrected chi connectivity index (χ1v) is 7.07. The Balaban J connectivity index is 2.25. The summed E-state index contributed by atoms with van der Waals surface area (Å²) in [7, 11) is 0. The predicted molar refractivity (Wildman–Crippen MR) is 74.0 cm³/mol. The minimum absolute atomic E-state index is 0.217. The maximum absolute atomic E-state index is 9.85. The highest BCUT2D eigenvalue weighted by Gasteiger charge is 2.54. The Bertz CT molecular complexity index is 480. The van der Waals surface area contributed by atoms with Crippen molar-refractivity contribution in [1.82, 2.24) is 5.32 Å². The van der Waals surface area contributed by atoms with E-state index >= 15 is 0 Å². The molecule has 1 saturated heterocycles. The Morgan fingerprint density at radius 1 is 1.39 bits per heavy atom. The van der Waals surface area contributed by atoms with Crippen molar-refractivity contribution in [3.63, 3.8) is 0 Å². The van der Waals surface area contributed by atoms with Crippen LogP contribution in [0.25, 0.3) is 0 Å². The lowest BCUT2D eigenvalue weighted by Crippen LogP contribution is -2.63. The van der Waals surface area contributed by atoms with Gasteiger partial charge in [-0.05, 0) is 54.5 Å². The molecule has 0 spiro atoms. The van der Waals surface area contributed by atoms with Gasteiger partial charge in [-0.2, -0.15) is 0 Å². The maximum atomic E-state index is 9.85. The third kappa shape index (κ3) is 1.33. The van der Waals surface area contributed by atoms with E-state index in [9.17, 15) is 5.11 Å². The first-order valence-electron chi connectivity index (χ1n) is 7.07. The summed E-state index contributed by atoms with van der Waals surface area (Å²) in [5.74, 6) is 0.411. The quantitative estimate of drug-likeness (QED) is 0.797. The molecule has 2 atom stereocenters. The van der Waals surface area contributed by atoms with Gasteiger partial charge in [0.15, 0.2) is 0 Å². The molecule has 0 aromatic heterocycles. The van der Waals surface area contributed by atoms with Crippen LogP contribution in [0.5, 0.6) is 5.75 Å². The Labute approximate surface area is 109 Å². The average Bonchev–Trinajstić information content (AvgIpc) is 2.31. The van der Waals surface area contributed by atoms with Gasteiger partial charge in [-0.25, -0.2) is 0 Å². The van der Waals surface area contributed by atoms with E-state index in [0.29, 0.717) is 11.8 Å². The molecule has 0 radical (unpaired) electrons. The molecule has 1 unspecified atom stereocenters. The van der Waals surface area contributed by atoms with Crippen molar-refractivity contribution < 1.29 is 5.11 Å². The fourth-order valence-corrected chi connectivity index (χ4v) is 4.41. The van der Waals surface area contributed by atoms with E-state index in [0.717, 1.165) is 19.4 Å². The second kappa shape index (κ2) is 3.74. The molecule has 98 valence electrons. The second-order valence-corrected chi connectivity index (χ2v) is 6.46. The number of phenols is 1. The smallest absolute Gasteiger partial charge is 0.115 e. The van der Waals surface area contributed by atoms with Crippen LogP contribution in [0.1, 0.15) is 44.7 Å². The first kappa shape index (κ1) is 12.0. The van der Waals surface area contributed by atoms with Gasteiger partial charge in [0.1, 0.15) is 5.75 Å². The van der Waals surface area contributed by atoms with Gasteiger partial charge in [-0.15, -0.1) is 0 Å². The van der Waals surface area contributed by atoms with Crippen LogP contribution in [0.15, 0.2) is 18.2 Å². The topological polar surface area (TPSA) is 32.3 Å². The largest absolute Gasteiger partial charge is 0.508 e. The third-order valence-electron chi connectivity index (χ3n) is 5.68. The molecule has 0 amide bonds. The van der Waals surface area contributed by atoms with Gasteiger partial charge in [0.2, 0.25) is 0 Å². The zero-order valence-electron chi connectivity index (χ0n) is 11.6. The average molecular weight is 245 g/mol. The Morgan fingerprint density at radius 3 is 2.89 bits per heavy atom. The van der Waals surface area contributed by atoms with Crippen LogP contribution in [-0.2, 0) is 11.8 Å². The highest BCUT2D eigenvalue weighted by atomic mass is 16.3. The molecule has 1 aliphatic carbocycles. The molecule has 2 nitrogen and oxygen atoms in total. The van der Waals surface area contributed by atoms with Gasteiger partial charge in [0.05, 0.1) is 0 Å². The Morgan fingerprint density at radius 2 is 2.17 bits per heavy atom. The molecule has 1 aliphatic heterocycles. The normalized spacial score (nSPS) is 32.9. The number of hydrogen-bond acceptors (Lipinski definition) is 2. The van der Waals surface area contributed by atoms with Crippen LogP contribution >= 0.6 is 0 Å². The van der Waals surface area contributed by atoms with E-state index in [1.54, 1.807) is 0 Å². The van der Waals surface area contributed by atoms with Gasteiger partial charge in [-0.1, -0.05) is 26.8 Å². The highest BCUT2D eigenvalue weighted by molar-refractivity contribution is 5.46. The number of piperidine rings is 1. The molecule has 18 heavy (non-hydrogen) atoms. The first-order chi connectivity index (χ1) is 8.51. The van der Waals surface area contributed by atoms with Gasteiger partial charge < -0.3 is 10.4 Å². The van der Waals surface area contributed by atoms with Crippen molar-refractivity contribution in [2.45, 2.75) is 51.5 Å². The van der Waals surface area contributed by atoms with Crippen LogP contribution in [0, 0.1) is 5.41 Å². The van der Waals surface area contributed by atoms with E-state index in [4.69, 9.17) is 0 Å². The van der Waals surface area contributed by atoms with Gasteiger partial charge in [0, 0.05) is 11.5 Å². The van der Waals surface area contributed by atoms with Crippen LogP contribution in [0.3, 0.4) is 0 Å². The number of nitrogens with one attached hydrogen (secondary N) is 1. The summed E-state index contributed by atoms with van der Waals surface area (Å²) in [4.78, 5) is 0. The molecule has 1 heterocycles. The monoisotopic (exact) mass is 245 g/mol. The number of phenolic OH excluding ortho intramolecular Hbond substituents is 1. The van der Waals surface area contributed by atoms with E-state index in [1.165, 1.54) is 17.5 Å². The molecule has 2 N–H and O–H groups in total. The molecule has 2 bridgehead atoms. The van der Waals surface area contributed by atoms with Crippen molar-refractivity contribution in [2.24, 2.45) is 5.41 Å². The standard InChI is InChI=1S/C16H23NO/c1-4-16-7-8-17-14(15(16,2)3)9-11-5-6-12(18)10-13(11)16/h5-6,10,14,17-18H,4,7-9H2,1-3H3/t14-,16?/m1/s1. The van der Waals surface area contributed by atoms with Crippen LogP contribution in [0.4, 0.5) is 0 Å². The number of fused-ring (bicyclic) bond motifs is 4. The van der Waals surface area contributed by atoms with Crippen molar-refractivity contribution in [2.75, 3.05) is 6.54 Å². The van der Waals surface area contributed by atoms with Crippen molar-refractivity contribution in [3.8, 4) is 5.75 Å². The molecule has 1 aromatic carbocycles. The van der Waals surface area contributed by atoms with Crippen molar-refractivity contribution in [1.29, 1.82) is 0 Å². The number of rotatable bonds is 1. The number of benzene rings is 1. The molecule has 3 rings (SSSR count). The lowest BCUT2D eigenvalue weighted by Gasteiger charge is -2.59. The lowest BCUT2D eigenvalue weighted by atomic mass is 9.49. The van der Waals surface area contributed by atoms with Crippen LogP contribution in [-0.4, -0.2) is 17.7 Å². The molecule has 2 aliphatic rings. The Kier molecular flexibility index (Phi) is 2.50. The second-order valence-electron chi connectivity index (χ2n) is 6.46. The summed E-state index contributed by atoms with van der Waals surface area (Å²) in [5, 5.41) is 13.5. The summed E-state index contributed by atoms with van der Waals surface area (Å²) < 4.78 is 0. The zero-order chi connectivity index (χ0) is 13.0. The van der Waals surface area contributed by atoms with Gasteiger partial charge in [-0.3, -0.25) is 0 Å². The molecule has 1 aromatic rings. The molecule has 1 fully saturated rings. The minimum Gasteiger partial charge on any atom is -0.508 e. The summed E-state index contributed by atoms with van der Waals surface area (Å²) in [6.07, 6.45) is 3.41. The SMILES string of the molecule is CCC12CCN[C@H](Cc3ccc(O)cc31)C2(C)C. The van der Waals surface area contributed by atoms with Gasteiger partial charge >= 0.3 is 0 Å². The summed E-state index contributed by atoms with van der Waals surface area (Å²) in [5.41, 5.74) is 3.29. The van der Waals surface area contributed by atoms with E-state index < -0.39 is 0 Å². The predicted octanol–water partition coefficient (Wildman–Crippen LogP) is 2.98. The molecular formula is C16H23NO. The lowest BCUT2D eigenvalue weighted by molar-refractivity contribution is 0.0389. The molecular weight excluding hydrogens is 222 g/mol. The van der Waals surface area contributed by atoms with E-state index in [1.807, 2.05) is 12.1 Å². The van der Waals surface area contributed by atoms with Crippen LogP contribution in [0.2, 0.25) is 0 Å². The molecule has 0 saturated carbocycles. The summed E-state index contributed by atoms with van der Waals surface area (Å²) in [6.45, 7) is 8.17. The van der Waals surface area contributed by atoms with Gasteiger partial charge in [0.25, 0.3) is 0 Å². The fraction of sp³-hybridized carbons (Fsp3) is 0.625. The highest BCUT2D eigenvalue weighted by Crippen LogP contribution is 2.56. The number of hydrogen-bond donors (Lipinski definition) is 2. The zero-order valence-corrected chi connectivity index (χ0v) is 11.6. The van der Waals surface area contributed by atoms with E-state index in [2.05, 4.69) is 32.2 Å². The molecule has 2 heteroatoms. The minimum atomic E-state index is 0.217. The van der Waals surface area contributed by atoms with Crippen LogP contribution < -0.4 is 5.32 Å². The maximum Gasteiger partial charge on any atom is 0.115 e. The number of aromatic hydroxyl groups is 1. The summed E-state index contributed by atoms with van der Waals surface area (Å²) in [6, 6.07) is 6.52. The Hall–Kier alpha value is -1.02.